The molecule has 0 bridgehead atoms. The van der Waals surface area contributed by atoms with Gasteiger partial charge in [0.05, 0.1) is 18.4 Å². The highest BCUT2D eigenvalue weighted by Gasteiger charge is 2.15. The molecule has 0 atom stereocenters. The summed E-state index contributed by atoms with van der Waals surface area (Å²) in [6, 6.07) is 10.5. The number of rotatable bonds is 7. The second-order valence-corrected chi connectivity index (χ2v) is 6.44. The normalized spacial score (nSPS) is 15.3. The van der Waals surface area contributed by atoms with Gasteiger partial charge in [0.25, 0.3) is 0 Å². The molecule has 0 saturated heterocycles. The highest BCUT2D eigenvalue weighted by molar-refractivity contribution is 5.76. The quantitative estimate of drug-likeness (QED) is 0.685. The molecule has 0 aliphatic heterocycles. The fourth-order valence-corrected chi connectivity index (χ4v) is 3.17. The van der Waals surface area contributed by atoms with Crippen molar-refractivity contribution in [3.63, 3.8) is 0 Å². The third-order valence-corrected chi connectivity index (χ3v) is 4.50. The van der Waals surface area contributed by atoms with Crippen molar-refractivity contribution in [1.29, 1.82) is 0 Å². The number of nitrogens with one attached hydrogen (secondary N) is 3. The Labute approximate surface area is 143 Å². The number of carbonyl (C=O) groups excluding carboxylic acids is 1. The number of H-pyrrole nitrogens is 1. The average Bonchev–Trinajstić information content (AvgIpc) is 3.09. The number of hydrogen-bond donors (Lipinski definition) is 3. The number of carbonyl (C=O) groups is 1. The van der Waals surface area contributed by atoms with Gasteiger partial charge in [-0.3, -0.25) is 4.79 Å². The van der Waals surface area contributed by atoms with Crippen LogP contribution in [0.5, 0.6) is 0 Å². The van der Waals surface area contributed by atoms with Gasteiger partial charge in [0.2, 0.25) is 5.91 Å². The van der Waals surface area contributed by atoms with E-state index >= 15 is 0 Å². The number of hydrogen-bond acceptors (Lipinski definition) is 3. The molecule has 1 aromatic carbocycles. The number of aromatic nitrogens is 2. The van der Waals surface area contributed by atoms with E-state index in [1.54, 1.807) is 0 Å². The lowest BCUT2D eigenvalue weighted by atomic mass is 9.95. The van der Waals surface area contributed by atoms with E-state index < -0.39 is 0 Å². The third-order valence-electron chi connectivity index (χ3n) is 4.50. The van der Waals surface area contributed by atoms with Crippen LogP contribution in [-0.4, -0.2) is 28.5 Å². The Balaban J connectivity index is 1.36. The molecule has 1 heterocycles. The molecule has 1 aromatic heterocycles. The second kappa shape index (κ2) is 8.64. The zero-order valence-corrected chi connectivity index (χ0v) is 14.1. The van der Waals surface area contributed by atoms with Crippen LogP contribution in [0.2, 0.25) is 0 Å². The van der Waals surface area contributed by atoms with Gasteiger partial charge >= 0.3 is 0 Å². The van der Waals surface area contributed by atoms with E-state index in [2.05, 4.69) is 32.7 Å². The highest BCUT2D eigenvalue weighted by atomic mass is 16.1. The van der Waals surface area contributed by atoms with Crippen LogP contribution in [0.3, 0.4) is 0 Å². The van der Waals surface area contributed by atoms with Crippen LogP contribution in [0.25, 0.3) is 11.3 Å². The fourth-order valence-electron chi connectivity index (χ4n) is 3.17. The van der Waals surface area contributed by atoms with Gasteiger partial charge in [0, 0.05) is 19.0 Å². The van der Waals surface area contributed by atoms with Crippen LogP contribution in [0.15, 0.2) is 36.5 Å². The van der Waals surface area contributed by atoms with Crippen LogP contribution in [0.4, 0.5) is 0 Å². The Hall–Kier alpha value is -2.14. The first kappa shape index (κ1) is 16.7. The van der Waals surface area contributed by atoms with E-state index in [-0.39, 0.29) is 5.91 Å². The molecular formula is C19H26N4O. The van der Waals surface area contributed by atoms with Crippen molar-refractivity contribution in [2.45, 2.75) is 51.1 Å². The van der Waals surface area contributed by atoms with Crippen LogP contribution in [0, 0.1) is 0 Å². The molecule has 1 amide bonds. The summed E-state index contributed by atoms with van der Waals surface area (Å²) in [5.41, 5.74) is 2.14. The van der Waals surface area contributed by atoms with Crippen molar-refractivity contribution in [3.8, 4) is 11.3 Å². The molecule has 128 valence electrons. The monoisotopic (exact) mass is 326 g/mol. The van der Waals surface area contributed by atoms with Gasteiger partial charge in [-0.05, 0) is 18.4 Å². The van der Waals surface area contributed by atoms with Gasteiger partial charge in [-0.25, -0.2) is 4.98 Å². The molecule has 0 radical (unpaired) electrons. The molecule has 2 aromatic rings. The molecule has 1 aliphatic carbocycles. The number of benzene rings is 1. The first-order chi connectivity index (χ1) is 11.8. The van der Waals surface area contributed by atoms with Crippen molar-refractivity contribution in [3.05, 3.63) is 42.4 Å². The Bertz CT molecular complexity index is 632. The van der Waals surface area contributed by atoms with Crippen molar-refractivity contribution >= 4 is 5.91 Å². The molecule has 3 rings (SSSR count). The van der Waals surface area contributed by atoms with E-state index in [1.165, 1.54) is 19.3 Å². The van der Waals surface area contributed by atoms with Gasteiger partial charge in [0.1, 0.15) is 5.82 Å². The van der Waals surface area contributed by atoms with Crippen LogP contribution in [0.1, 0.15) is 44.3 Å². The first-order valence-electron chi connectivity index (χ1n) is 8.90. The van der Waals surface area contributed by atoms with Crippen molar-refractivity contribution < 1.29 is 4.79 Å². The van der Waals surface area contributed by atoms with E-state index in [4.69, 9.17) is 0 Å². The highest BCUT2D eigenvalue weighted by Crippen LogP contribution is 2.17. The van der Waals surface area contributed by atoms with Crippen molar-refractivity contribution in [2.24, 2.45) is 0 Å². The summed E-state index contributed by atoms with van der Waals surface area (Å²) in [5.74, 6) is 1.04. The summed E-state index contributed by atoms with van der Waals surface area (Å²) >= 11 is 0. The standard InChI is InChI=1S/C19H26N4O/c24-19(22-16-9-5-2-6-10-16)11-12-20-14-18-21-13-17(23-18)15-7-3-1-4-8-15/h1,3-4,7-8,13,16,20H,2,5-6,9-12,14H2,(H,21,23)(H,22,24). The maximum Gasteiger partial charge on any atom is 0.221 e. The van der Waals surface area contributed by atoms with Gasteiger partial charge in [-0.15, -0.1) is 0 Å². The second-order valence-electron chi connectivity index (χ2n) is 6.44. The lowest BCUT2D eigenvalue weighted by Crippen LogP contribution is -2.37. The molecule has 3 N–H and O–H groups in total. The van der Waals surface area contributed by atoms with Crippen molar-refractivity contribution in [1.82, 2.24) is 20.6 Å². The third kappa shape index (κ3) is 4.93. The molecule has 0 unspecified atom stereocenters. The minimum Gasteiger partial charge on any atom is -0.353 e. The van der Waals surface area contributed by atoms with E-state index in [0.29, 0.717) is 25.6 Å². The molecular weight excluding hydrogens is 300 g/mol. The predicted molar refractivity (Wildman–Crippen MR) is 95.4 cm³/mol. The summed E-state index contributed by atoms with van der Waals surface area (Å²) in [5, 5.41) is 6.42. The number of nitrogens with zero attached hydrogens (tertiary/aromatic N) is 1. The van der Waals surface area contributed by atoms with E-state index in [1.807, 2.05) is 24.4 Å². The average molecular weight is 326 g/mol. The summed E-state index contributed by atoms with van der Waals surface area (Å²) < 4.78 is 0. The molecule has 1 aliphatic rings. The van der Waals surface area contributed by atoms with Gasteiger partial charge in [-0.2, -0.15) is 0 Å². The Morgan fingerprint density at radius 1 is 1.17 bits per heavy atom. The van der Waals surface area contributed by atoms with E-state index in [0.717, 1.165) is 29.9 Å². The van der Waals surface area contributed by atoms with Gasteiger partial charge < -0.3 is 15.6 Å². The Kier molecular flexibility index (Phi) is 6.01. The largest absolute Gasteiger partial charge is 0.353 e. The molecule has 24 heavy (non-hydrogen) atoms. The van der Waals surface area contributed by atoms with E-state index in [9.17, 15) is 4.79 Å². The SMILES string of the molecule is O=C(CCNCc1ncc(-c2ccccc2)[nH]1)NC1CCCCC1. The molecule has 0 spiro atoms. The number of imidazole rings is 1. The Morgan fingerprint density at radius 2 is 1.96 bits per heavy atom. The summed E-state index contributed by atoms with van der Waals surface area (Å²) in [4.78, 5) is 19.6. The van der Waals surface area contributed by atoms with Gasteiger partial charge in [0.15, 0.2) is 0 Å². The number of aromatic amines is 1. The molecule has 1 fully saturated rings. The zero-order valence-electron chi connectivity index (χ0n) is 14.1. The summed E-state index contributed by atoms with van der Waals surface area (Å²) in [7, 11) is 0. The lowest BCUT2D eigenvalue weighted by molar-refractivity contribution is -0.121. The Morgan fingerprint density at radius 3 is 2.75 bits per heavy atom. The molecule has 5 nitrogen and oxygen atoms in total. The summed E-state index contributed by atoms with van der Waals surface area (Å²) in [6.07, 6.45) is 8.42. The first-order valence-corrected chi connectivity index (χ1v) is 8.90. The predicted octanol–water partition coefficient (Wildman–Crippen LogP) is 3.01. The van der Waals surface area contributed by atoms with Crippen LogP contribution >= 0.6 is 0 Å². The van der Waals surface area contributed by atoms with Crippen LogP contribution < -0.4 is 10.6 Å². The minimum absolute atomic E-state index is 0.152. The van der Waals surface area contributed by atoms with Gasteiger partial charge in [-0.1, -0.05) is 49.6 Å². The topological polar surface area (TPSA) is 69.8 Å². The number of amides is 1. The molecule has 5 heteroatoms. The fraction of sp³-hybridized carbons (Fsp3) is 0.474. The smallest absolute Gasteiger partial charge is 0.221 e. The summed E-state index contributed by atoms with van der Waals surface area (Å²) in [6.45, 7) is 1.31. The van der Waals surface area contributed by atoms with Crippen molar-refractivity contribution in [2.75, 3.05) is 6.54 Å². The zero-order chi connectivity index (χ0) is 16.6. The minimum atomic E-state index is 0.152. The lowest BCUT2D eigenvalue weighted by Gasteiger charge is -2.22. The van der Waals surface area contributed by atoms with Crippen LogP contribution in [-0.2, 0) is 11.3 Å². The molecule has 1 saturated carbocycles. The maximum absolute atomic E-state index is 11.9. The maximum atomic E-state index is 11.9.